The molecule has 0 aliphatic heterocycles. The maximum Gasteiger partial charge on any atom is 0.287 e. The molecular formula is C24H22N2O6S. The maximum atomic E-state index is 13.3. The van der Waals surface area contributed by atoms with E-state index in [9.17, 15) is 13.2 Å². The van der Waals surface area contributed by atoms with Gasteiger partial charge in [-0.2, -0.15) is 0 Å². The monoisotopic (exact) mass is 466 g/mol. The first-order valence-corrected chi connectivity index (χ1v) is 11.5. The van der Waals surface area contributed by atoms with Crippen molar-refractivity contribution >= 4 is 26.7 Å². The molecule has 9 heteroatoms. The van der Waals surface area contributed by atoms with E-state index in [-0.39, 0.29) is 33.8 Å². The number of nitrogens with zero attached hydrogens (tertiary/aromatic N) is 1. The third kappa shape index (κ3) is 4.40. The number of carbonyl (C=O) groups excluding carboxylic acids is 1. The average Bonchev–Trinajstić information content (AvgIpc) is 3.26. The fourth-order valence-corrected chi connectivity index (χ4v) is 4.96. The molecule has 0 saturated carbocycles. The van der Waals surface area contributed by atoms with Crippen molar-refractivity contribution in [1.82, 2.24) is 10.3 Å². The molecular weight excluding hydrogens is 444 g/mol. The molecule has 0 atom stereocenters. The predicted molar refractivity (Wildman–Crippen MR) is 121 cm³/mol. The Balaban J connectivity index is 1.52. The third-order valence-electron chi connectivity index (χ3n) is 5.11. The lowest BCUT2D eigenvalue weighted by Gasteiger charge is -2.14. The Labute approximate surface area is 191 Å². The number of carbonyl (C=O) groups is 1. The SMILES string of the molecule is COc1cc(C)cc(S(=O)(=O)c2ccc(CNC(=O)c3cc4ccncc4o3)cc2)c1OC. The van der Waals surface area contributed by atoms with Crippen molar-refractivity contribution < 1.29 is 27.1 Å². The number of aromatic nitrogens is 1. The topological polar surface area (TPSA) is 108 Å². The Kier molecular flexibility index (Phi) is 6.06. The summed E-state index contributed by atoms with van der Waals surface area (Å²) in [5.74, 6) is 0.300. The fourth-order valence-electron chi connectivity index (χ4n) is 3.44. The summed E-state index contributed by atoms with van der Waals surface area (Å²) < 4.78 is 42.6. The molecule has 1 N–H and O–H groups in total. The molecule has 2 aromatic heterocycles. The molecule has 2 aromatic carbocycles. The second-order valence-electron chi connectivity index (χ2n) is 7.35. The van der Waals surface area contributed by atoms with Crippen LogP contribution in [0, 0.1) is 6.92 Å². The Morgan fingerprint density at radius 2 is 1.82 bits per heavy atom. The Morgan fingerprint density at radius 3 is 2.48 bits per heavy atom. The van der Waals surface area contributed by atoms with Crippen LogP contribution in [0.1, 0.15) is 21.7 Å². The summed E-state index contributed by atoms with van der Waals surface area (Å²) in [6.45, 7) is 1.99. The zero-order valence-corrected chi connectivity index (χ0v) is 19.1. The summed E-state index contributed by atoms with van der Waals surface area (Å²) >= 11 is 0. The van der Waals surface area contributed by atoms with E-state index >= 15 is 0 Å². The Hall–Kier alpha value is -3.85. The molecule has 0 saturated heterocycles. The van der Waals surface area contributed by atoms with E-state index in [0.29, 0.717) is 11.3 Å². The van der Waals surface area contributed by atoms with Gasteiger partial charge < -0.3 is 19.2 Å². The number of benzene rings is 2. The van der Waals surface area contributed by atoms with Gasteiger partial charge in [-0.3, -0.25) is 9.78 Å². The van der Waals surface area contributed by atoms with E-state index in [1.54, 1.807) is 55.7 Å². The average molecular weight is 467 g/mol. The van der Waals surface area contributed by atoms with Crippen LogP contribution in [0.5, 0.6) is 11.5 Å². The van der Waals surface area contributed by atoms with Gasteiger partial charge in [-0.15, -0.1) is 0 Å². The van der Waals surface area contributed by atoms with Gasteiger partial charge in [0.05, 0.1) is 25.3 Å². The summed E-state index contributed by atoms with van der Waals surface area (Å²) in [6, 6.07) is 13.0. The van der Waals surface area contributed by atoms with Gasteiger partial charge in [0.2, 0.25) is 9.84 Å². The van der Waals surface area contributed by atoms with Crippen LogP contribution in [0.3, 0.4) is 0 Å². The van der Waals surface area contributed by atoms with Crippen molar-refractivity contribution in [2.45, 2.75) is 23.3 Å². The highest BCUT2D eigenvalue weighted by atomic mass is 32.2. The van der Waals surface area contributed by atoms with Crippen molar-refractivity contribution in [1.29, 1.82) is 0 Å². The fraction of sp³-hybridized carbons (Fsp3) is 0.167. The number of furan rings is 1. The van der Waals surface area contributed by atoms with Gasteiger partial charge in [0, 0.05) is 18.1 Å². The minimum atomic E-state index is -3.86. The highest BCUT2D eigenvalue weighted by Gasteiger charge is 2.25. The number of hydrogen-bond donors (Lipinski definition) is 1. The number of amides is 1. The first-order valence-electron chi connectivity index (χ1n) is 10.0. The van der Waals surface area contributed by atoms with Crippen LogP contribution in [0.4, 0.5) is 0 Å². The van der Waals surface area contributed by atoms with Gasteiger partial charge in [-0.25, -0.2) is 8.42 Å². The largest absolute Gasteiger partial charge is 0.493 e. The van der Waals surface area contributed by atoms with Gasteiger partial charge in [-0.1, -0.05) is 12.1 Å². The van der Waals surface area contributed by atoms with Gasteiger partial charge >= 0.3 is 0 Å². The minimum Gasteiger partial charge on any atom is -0.493 e. The molecule has 0 unspecified atom stereocenters. The van der Waals surface area contributed by atoms with Crippen LogP contribution in [-0.4, -0.2) is 33.5 Å². The third-order valence-corrected chi connectivity index (χ3v) is 6.89. The number of ether oxygens (including phenoxy) is 2. The van der Waals surface area contributed by atoms with E-state index in [1.807, 2.05) is 0 Å². The summed E-state index contributed by atoms with van der Waals surface area (Å²) in [7, 11) is -0.999. The molecule has 0 radical (unpaired) electrons. The summed E-state index contributed by atoms with van der Waals surface area (Å²) in [4.78, 5) is 16.5. The Morgan fingerprint density at radius 1 is 1.06 bits per heavy atom. The van der Waals surface area contributed by atoms with Gasteiger partial charge in [0.25, 0.3) is 5.91 Å². The number of nitrogens with one attached hydrogen (secondary N) is 1. The minimum absolute atomic E-state index is 0.0299. The maximum absolute atomic E-state index is 13.3. The van der Waals surface area contributed by atoms with E-state index in [1.165, 1.54) is 26.4 Å². The van der Waals surface area contributed by atoms with E-state index in [2.05, 4.69) is 10.3 Å². The number of methoxy groups -OCH3 is 2. The molecule has 0 bridgehead atoms. The molecule has 0 spiro atoms. The molecule has 0 fully saturated rings. The number of aryl methyl sites for hydroxylation is 1. The van der Waals surface area contributed by atoms with E-state index in [0.717, 1.165) is 16.5 Å². The van der Waals surface area contributed by atoms with Crippen LogP contribution in [0.15, 0.2) is 75.1 Å². The summed E-state index contributed by atoms with van der Waals surface area (Å²) in [5.41, 5.74) is 1.99. The van der Waals surface area contributed by atoms with Crippen molar-refractivity contribution in [3.63, 3.8) is 0 Å². The summed E-state index contributed by atoms with van der Waals surface area (Å²) in [5, 5.41) is 3.55. The molecule has 0 aliphatic rings. The van der Waals surface area contributed by atoms with Crippen molar-refractivity contribution in [3.8, 4) is 11.5 Å². The molecule has 170 valence electrons. The summed E-state index contributed by atoms with van der Waals surface area (Å²) in [6.07, 6.45) is 3.17. The molecule has 4 rings (SSSR count). The lowest BCUT2D eigenvalue weighted by Crippen LogP contribution is -2.22. The van der Waals surface area contributed by atoms with Crippen LogP contribution < -0.4 is 14.8 Å². The smallest absolute Gasteiger partial charge is 0.287 e. The number of sulfone groups is 1. The molecule has 0 aliphatic carbocycles. The zero-order valence-electron chi connectivity index (χ0n) is 18.3. The van der Waals surface area contributed by atoms with Crippen molar-refractivity contribution in [2.75, 3.05) is 14.2 Å². The molecule has 1 amide bonds. The zero-order chi connectivity index (χ0) is 23.6. The van der Waals surface area contributed by atoms with Gasteiger partial charge in [0.15, 0.2) is 22.8 Å². The lowest BCUT2D eigenvalue weighted by atomic mass is 10.2. The van der Waals surface area contributed by atoms with Crippen LogP contribution in [0.2, 0.25) is 0 Å². The van der Waals surface area contributed by atoms with E-state index < -0.39 is 9.84 Å². The van der Waals surface area contributed by atoms with Gasteiger partial charge in [-0.05, 0) is 54.4 Å². The first kappa shape index (κ1) is 22.3. The van der Waals surface area contributed by atoms with Gasteiger partial charge in [0.1, 0.15) is 4.90 Å². The highest BCUT2D eigenvalue weighted by Crippen LogP contribution is 2.38. The lowest BCUT2D eigenvalue weighted by molar-refractivity contribution is 0.0925. The quantitative estimate of drug-likeness (QED) is 0.440. The van der Waals surface area contributed by atoms with Crippen molar-refractivity contribution in [2.24, 2.45) is 0 Å². The predicted octanol–water partition coefficient (Wildman–Crippen LogP) is 3.92. The van der Waals surface area contributed by atoms with E-state index in [4.69, 9.17) is 13.9 Å². The second kappa shape index (κ2) is 8.95. The molecule has 2 heterocycles. The molecule has 33 heavy (non-hydrogen) atoms. The van der Waals surface area contributed by atoms with Crippen LogP contribution in [-0.2, 0) is 16.4 Å². The Bertz CT molecular complexity index is 1390. The number of rotatable bonds is 7. The normalized spacial score (nSPS) is 11.4. The second-order valence-corrected chi connectivity index (χ2v) is 9.27. The van der Waals surface area contributed by atoms with Crippen LogP contribution in [0.25, 0.3) is 11.0 Å². The number of fused-ring (bicyclic) bond motifs is 1. The van der Waals surface area contributed by atoms with Crippen molar-refractivity contribution in [3.05, 3.63) is 77.8 Å². The molecule has 8 nitrogen and oxygen atoms in total. The number of hydrogen-bond acceptors (Lipinski definition) is 7. The van der Waals surface area contributed by atoms with Crippen LogP contribution >= 0.6 is 0 Å². The number of pyridine rings is 1. The highest BCUT2D eigenvalue weighted by molar-refractivity contribution is 7.91. The standard InChI is InChI=1S/C24H22N2O6S/c1-15-10-19(30-2)23(31-3)22(11-15)33(28,29)18-6-4-16(5-7-18)13-26-24(27)20-12-17-8-9-25-14-21(17)32-20/h4-12,14H,13H2,1-3H3,(H,26,27). The first-order chi connectivity index (χ1) is 15.8. The molecule has 4 aromatic rings.